The van der Waals surface area contributed by atoms with Crippen LogP contribution in [0.25, 0.3) is 16.9 Å². The van der Waals surface area contributed by atoms with E-state index in [2.05, 4.69) is 53.6 Å². The molecule has 2 aliphatic rings. The average molecular weight is 682 g/mol. The third-order valence-electron chi connectivity index (χ3n) is 9.72. The standard InChI is InChI=1S/C31H46F3N7O3SSi/c1-20-24(39-45(42)28(2,3)4)30(19-43-20)12-15-40(16-13-30)26-22(18-44-46(8,9)29(5,6)7)38-27-21(37-26)17-36-41(27)23-11-10-14-35-25(23)31(32,33)34/h10-11,14,17,20,24,39H,12-13,15-16,18-19H2,1-9H3/t20-,24+,45?/m0/s1. The summed E-state index contributed by atoms with van der Waals surface area (Å²) in [7, 11) is -2.22. The molecule has 3 aromatic rings. The van der Waals surface area contributed by atoms with E-state index < -0.39 is 36.3 Å². The Kier molecular flexibility index (Phi) is 9.36. The third kappa shape index (κ3) is 6.81. The van der Waals surface area contributed by atoms with Crippen molar-refractivity contribution in [1.82, 2.24) is 29.5 Å². The first kappa shape index (κ1) is 35.0. The van der Waals surface area contributed by atoms with Gasteiger partial charge in [-0.05, 0) is 70.8 Å². The van der Waals surface area contributed by atoms with E-state index in [1.807, 2.05) is 27.7 Å². The summed E-state index contributed by atoms with van der Waals surface area (Å²) < 4.78 is 71.6. The van der Waals surface area contributed by atoms with Crippen molar-refractivity contribution in [2.75, 3.05) is 24.6 Å². The van der Waals surface area contributed by atoms with Gasteiger partial charge in [-0.1, -0.05) is 20.8 Å². The molecule has 0 radical (unpaired) electrons. The number of halogens is 3. The lowest BCUT2D eigenvalue weighted by molar-refractivity contribution is -0.141. The Balaban J connectivity index is 1.50. The Morgan fingerprint density at radius 2 is 1.80 bits per heavy atom. The summed E-state index contributed by atoms with van der Waals surface area (Å²) in [5.74, 6) is 0.637. The Hall–Kier alpha value is -2.30. The maximum absolute atomic E-state index is 13.9. The number of nitrogens with one attached hydrogen (secondary N) is 1. The fraction of sp³-hybridized carbons (Fsp3) is 0.677. The normalized spacial score (nSPS) is 21.8. The molecule has 1 N–H and O–H groups in total. The Labute approximate surface area is 273 Å². The summed E-state index contributed by atoms with van der Waals surface area (Å²) in [4.78, 5) is 15.6. The van der Waals surface area contributed by atoms with E-state index in [0.29, 0.717) is 36.7 Å². The van der Waals surface area contributed by atoms with E-state index >= 15 is 0 Å². The van der Waals surface area contributed by atoms with E-state index in [1.165, 1.54) is 18.3 Å². The second-order valence-electron chi connectivity index (χ2n) is 15.0. The Bertz CT molecular complexity index is 1550. The number of hydrogen-bond donors (Lipinski definition) is 1. The van der Waals surface area contributed by atoms with Gasteiger partial charge in [-0.2, -0.15) is 18.3 Å². The molecule has 46 heavy (non-hydrogen) atoms. The maximum atomic E-state index is 13.9. The largest absolute Gasteiger partial charge is 0.598 e. The zero-order chi connectivity index (χ0) is 33.9. The van der Waals surface area contributed by atoms with Gasteiger partial charge in [0.1, 0.15) is 16.0 Å². The number of anilines is 1. The molecular formula is C31H46F3N7O3SSi. The summed E-state index contributed by atoms with van der Waals surface area (Å²) in [5.41, 5.74) is -0.324. The highest BCUT2D eigenvalue weighted by Gasteiger charge is 2.52. The highest BCUT2D eigenvalue weighted by molar-refractivity contribution is 7.90. The van der Waals surface area contributed by atoms with Gasteiger partial charge in [0.05, 0.1) is 37.2 Å². The lowest BCUT2D eigenvalue weighted by atomic mass is 9.73. The van der Waals surface area contributed by atoms with Crippen LogP contribution >= 0.6 is 0 Å². The fourth-order valence-electron chi connectivity index (χ4n) is 5.76. The molecule has 3 aromatic heterocycles. The van der Waals surface area contributed by atoms with Crippen molar-refractivity contribution in [1.29, 1.82) is 0 Å². The van der Waals surface area contributed by atoms with E-state index in [1.54, 1.807) is 0 Å². The molecule has 0 aliphatic carbocycles. The van der Waals surface area contributed by atoms with E-state index in [0.717, 1.165) is 23.7 Å². The molecule has 0 saturated carbocycles. The van der Waals surface area contributed by atoms with Gasteiger partial charge < -0.3 is 18.6 Å². The molecule has 1 unspecified atom stereocenters. The highest BCUT2D eigenvalue weighted by Crippen LogP contribution is 2.44. The minimum atomic E-state index is -4.67. The number of aromatic nitrogens is 5. The molecule has 15 heteroatoms. The summed E-state index contributed by atoms with van der Waals surface area (Å²) in [5, 5.41) is 4.23. The number of hydrogen-bond acceptors (Lipinski definition) is 9. The number of fused-ring (bicyclic) bond motifs is 1. The van der Waals surface area contributed by atoms with Crippen LogP contribution < -0.4 is 9.62 Å². The van der Waals surface area contributed by atoms with Crippen molar-refractivity contribution in [2.45, 2.75) is 109 Å². The molecule has 5 heterocycles. The first-order valence-electron chi connectivity index (χ1n) is 15.7. The molecule has 10 nitrogen and oxygen atoms in total. The van der Waals surface area contributed by atoms with Crippen molar-refractivity contribution in [3.8, 4) is 5.69 Å². The van der Waals surface area contributed by atoms with Gasteiger partial charge in [0.25, 0.3) is 0 Å². The predicted octanol–water partition coefficient (Wildman–Crippen LogP) is 6.18. The predicted molar refractivity (Wildman–Crippen MR) is 176 cm³/mol. The van der Waals surface area contributed by atoms with Gasteiger partial charge >= 0.3 is 6.18 Å². The van der Waals surface area contributed by atoms with Crippen LogP contribution in [0.3, 0.4) is 0 Å². The molecule has 2 fully saturated rings. The first-order valence-corrected chi connectivity index (χ1v) is 19.8. The third-order valence-corrected chi connectivity index (χ3v) is 15.8. The smallest absolute Gasteiger partial charge is 0.435 e. The molecule has 2 aliphatic heterocycles. The quantitative estimate of drug-likeness (QED) is 0.231. The van der Waals surface area contributed by atoms with Crippen LogP contribution in [0, 0.1) is 5.41 Å². The van der Waals surface area contributed by atoms with Crippen LogP contribution in [0.15, 0.2) is 24.5 Å². The molecule has 2 saturated heterocycles. The van der Waals surface area contributed by atoms with Crippen LogP contribution in [-0.2, 0) is 33.3 Å². The van der Waals surface area contributed by atoms with Gasteiger partial charge in [0, 0.05) is 36.1 Å². The van der Waals surface area contributed by atoms with Crippen LogP contribution in [0.4, 0.5) is 19.0 Å². The Morgan fingerprint density at radius 1 is 1.13 bits per heavy atom. The molecule has 254 valence electrons. The van der Waals surface area contributed by atoms with Crippen molar-refractivity contribution in [3.05, 3.63) is 35.9 Å². The lowest BCUT2D eigenvalue weighted by Crippen LogP contribution is -2.56. The molecule has 3 atom stereocenters. The number of ether oxygens (including phenoxy) is 1. The van der Waals surface area contributed by atoms with Crippen molar-refractivity contribution in [3.63, 3.8) is 0 Å². The Morgan fingerprint density at radius 3 is 2.41 bits per heavy atom. The number of pyridine rings is 1. The topological polar surface area (TPSA) is 113 Å². The summed E-state index contributed by atoms with van der Waals surface area (Å²) in [6.07, 6.45) is -0.640. The van der Waals surface area contributed by atoms with Gasteiger partial charge in [-0.15, -0.1) is 4.72 Å². The number of piperidine rings is 1. The van der Waals surface area contributed by atoms with Crippen LogP contribution in [0.5, 0.6) is 0 Å². The van der Waals surface area contributed by atoms with Gasteiger partial charge in [0.15, 0.2) is 25.5 Å². The van der Waals surface area contributed by atoms with E-state index in [-0.39, 0.29) is 40.5 Å². The molecule has 0 amide bonds. The number of rotatable bonds is 7. The van der Waals surface area contributed by atoms with E-state index in [9.17, 15) is 17.7 Å². The van der Waals surface area contributed by atoms with Crippen molar-refractivity contribution >= 4 is 36.7 Å². The SMILES string of the molecule is C[C@@H]1OCC2(CCN(c3nc4cnn(-c5cccnc5C(F)(F)F)c4nc3CO[Si](C)(C)C(C)(C)C)CC2)[C@@H]1N[S+]([O-])C(C)(C)C. The van der Waals surface area contributed by atoms with Gasteiger partial charge in [-0.25, -0.2) is 19.6 Å². The zero-order valence-corrected chi connectivity index (χ0v) is 30.0. The first-order chi connectivity index (χ1) is 21.2. The minimum absolute atomic E-state index is 0.0599. The van der Waals surface area contributed by atoms with Crippen molar-refractivity contribution < 1.29 is 26.9 Å². The van der Waals surface area contributed by atoms with Crippen LogP contribution in [0.1, 0.15) is 72.7 Å². The molecule has 0 bridgehead atoms. The monoisotopic (exact) mass is 681 g/mol. The van der Waals surface area contributed by atoms with Crippen molar-refractivity contribution in [2.24, 2.45) is 5.41 Å². The molecule has 0 aromatic carbocycles. The molecule has 1 spiro atoms. The fourth-order valence-corrected chi connectivity index (χ4v) is 7.72. The molecule has 5 rings (SSSR count). The van der Waals surface area contributed by atoms with Gasteiger partial charge in [-0.3, -0.25) is 0 Å². The van der Waals surface area contributed by atoms with E-state index in [4.69, 9.17) is 19.1 Å². The second-order valence-corrected chi connectivity index (χ2v) is 21.8. The summed E-state index contributed by atoms with van der Waals surface area (Å²) in [6.45, 7) is 20.7. The maximum Gasteiger partial charge on any atom is 0.435 e. The molecular weight excluding hydrogens is 636 g/mol. The number of alkyl halides is 3. The lowest BCUT2D eigenvalue weighted by Gasteiger charge is -2.43. The average Bonchev–Trinajstić information content (AvgIpc) is 3.51. The summed E-state index contributed by atoms with van der Waals surface area (Å²) >= 11 is -1.24. The zero-order valence-electron chi connectivity index (χ0n) is 28.2. The van der Waals surface area contributed by atoms with Gasteiger partial charge in [0.2, 0.25) is 0 Å². The minimum Gasteiger partial charge on any atom is -0.598 e. The second kappa shape index (κ2) is 12.3. The van der Waals surface area contributed by atoms with Crippen LogP contribution in [-0.4, -0.2) is 74.2 Å². The van der Waals surface area contributed by atoms with Crippen LogP contribution in [0.2, 0.25) is 18.1 Å². The summed E-state index contributed by atoms with van der Waals surface area (Å²) in [6, 6.07) is 2.71. The highest BCUT2D eigenvalue weighted by atomic mass is 32.2. The number of nitrogens with zero attached hydrogens (tertiary/aromatic N) is 6.